The fourth-order valence-corrected chi connectivity index (χ4v) is 3.47. The predicted molar refractivity (Wildman–Crippen MR) is 82.5 cm³/mol. The van der Waals surface area contributed by atoms with Crippen LogP contribution in [0.2, 0.25) is 0 Å². The molecule has 2 heterocycles. The highest BCUT2D eigenvalue weighted by Crippen LogP contribution is 2.30. The Morgan fingerprint density at radius 2 is 2.16 bits per heavy atom. The molecule has 3 nitrogen and oxygen atoms in total. The number of aromatic nitrogens is 1. The summed E-state index contributed by atoms with van der Waals surface area (Å²) in [7, 11) is 0. The second kappa shape index (κ2) is 5.15. The smallest absolute Gasteiger partial charge is 0.0982 e. The van der Waals surface area contributed by atoms with Gasteiger partial charge in [0.2, 0.25) is 0 Å². The molecule has 19 heavy (non-hydrogen) atoms. The Bertz CT molecular complexity index is 431. The SMILES string of the molecule is CC(C)(C)c1nc(CN2CCC(N)C(C)(C)C2)cs1. The first-order valence-corrected chi connectivity index (χ1v) is 7.99. The molecule has 1 aliphatic heterocycles. The van der Waals surface area contributed by atoms with Gasteiger partial charge in [0.15, 0.2) is 0 Å². The molecule has 4 heteroatoms. The molecule has 2 rings (SSSR count). The van der Waals surface area contributed by atoms with Gasteiger partial charge >= 0.3 is 0 Å². The van der Waals surface area contributed by atoms with Crippen LogP contribution in [0.5, 0.6) is 0 Å². The fourth-order valence-electron chi connectivity index (χ4n) is 2.57. The Morgan fingerprint density at radius 3 is 2.68 bits per heavy atom. The van der Waals surface area contributed by atoms with E-state index in [9.17, 15) is 0 Å². The minimum Gasteiger partial charge on any atom is -0.327 e. The second-order valence-electron chi connectivity index (χ2n) is 7.49. The van der Waals surface area contributed by atoms with E-state index in [0.29, 0.717) is 6.04 Å². The molecule has 1 aliphatic rings. The van der Waals surface area contributed by atoms with Crippen LogP contribution in [0.15, 0.2) is 5.38 Å². The minimum absolute atomic E-state index is 0.159. The van der Waals surface area contributed by atoms with Crippen LogP contribution in [0.25, 0.3) is 0 Å². The maximum absolute atomic E-state index is 6.19. The van der Waals surface area contributed by atoms with Gasteiger partial charge in [0.1, 0.15) is 0 Å². The van der Waals surface area contributed by atoms with Crippen molar-refractivity contribution in [3.05, 3.63) is 16.1 Å². The molecule has 1 aromatic rings. The third-order valence-electron chi connectivity index (χ3n) is 3.97. The third-order valence-corrected chi connectivity index (χ3v) is 5.29. The number of likely N-dealkylation sites (tertiary alicyclic amines) is 1. The molecular weight excluding hydrogens is 254 g/mol. The first kappa shape index (κ1) is 14.9. The Labute approximate surface area is 121 Å². The first-order chi connectivity index (χ1) is 8.68. The van der Waals surface area contributed by atoms with Crippen molar-refractivity contribution in [2.75, 3.05) is 13.1 Å². The maximum Gasteiger partial charge on any atom is 0.0982 e. The zero-order valence-electron chi connectivity index (χ0n) is 12.9. The summed E-state index contributed by atoms with van der Waals surface area (Å²) in [6.45, 7) is 14.3. The maximum atomic E-state index is 6.19. The second-order valence-corrected chi connectivity index (χ2v) is 8.35. The number of hydrogen-bond donors (Lipinski definition) is 1. The summed E-state index contributed by atoms with van der Waals surface area (Å²) in [6, 6.07) is 0.323. The van der Waals surface area contributed by atoms with Gasteiger partial charge in [0.05, 0.1) is 10.7 Å². The van der Waals surface area contributed by atoms with E-state index in [1.54, 1.807) is 11.3 Å². The van der Waals surface area contributed by atoms with Gasteiger partial charge in [-0.3, -0.25) is 4.90 Å². The minimum atomic E-state index is 0.159. The summed E-state index contributed by atoms with van der Waals surface area (Å²) in [5.74, 6) is 0. The number of nitrogens with two attached hydrogens (primary N) is 1. The van der Waals surface area contributed by atoms with Gasteiger partial charge in [-0.25, -0.2) is 4.98 Å². The van der Waals surface area contributed by atoms with Crippen molar-refractivity contribution in [2.45, 2.75) is 59.0 Å². The van der Waals surface area contributed by atoms with Crippen molar-refractivity contribution in [1.29, 1.82) is 0 Å². The average molecular weight is 281 g/mol. The van der Waals surface area contributed by atoms with Crippen LogP contribution >= 0.6 is 11.3 Å². The summed E-state index contributed by atoms with van der Waals surface area (Å²) in [4.78, 5) is 7.28. The topological polar surface area (TPSA) is 42.2 Å². The van der Waals surface area contributed by atoms with Crippen molar-refractivity contribution in [3.63, 3.8) is 0 Å². The lowest BCUT2D eigenvalue weighted by Crippen LogP contribution is -2.52. The quantitative estimate of drug-likeness (QED) is 0.906. The van der Waals surface area contributed by atoms with Crippen molar-refractivity contribution < 1.29 is 0 Å². The Balaban J connectivity index is 2.00. The largest absolute Gasteiger partial charge is 0.327 e. The lowest BCUT2D eigenvalue weighted by Gasteiger charge is -2.42. The fraction of sp³-hybridized carbons (Fsp3) is 0.800. The lowest BCUT2D eigenvalue weighted by molar-refractivity contribution is 0.0890. The molecule has 1 fully saturated rings. The van der Waals surface area contributed by atoms with Gasteiger partial charge in [0, 0.05) is 36.5 Å². The van der Waals surface area contributed by atoms with Crippen LogP contribution < -0.4 is 5.73 Å². The Morgan fingerprint density at radius 1 is 1.47 bits per heavy atom. The van der Waals surface area contributed by atoms with Crippen molar-refractivity contribution in [3.8, 4) is 0 Å². The molecule has 0 aliphatic carbocycles. The number of rotatable bonds is 2. The number of piperidine rings is 1. The lowest BCUT2D eigenvalue weighted by atomic mass is 9.80. The van der Waals surface area contributed by atoms with E-state index >= 15 is 0 Å². The molecule has 0 bridgehead atoms. The monoisotopic (exact) mass is 281 g/mol. The predicted octanol–water partition coefficient (Wildman–Crippen LogP) is 3.00. The highest BCUT2D eigenvalue weighted by Gasteiger charge is 2.33. The molecule has 0 saturated carbocycles. The summed E-state index contributed by atoms with van der Waals surface area (Å²) in [5, 5.41) is 3.44. The zero-order chi connectivity index (χ0) is 14.3. The molecule has 0 aromatic carbocycles. The van der Waals surface area contributed by atoms with E-state index in [1.165, 1.54) is 10.7 Å². The molecule has 1 atom stereocenters. The van der Waals surface area contributed by atoms with E-state index in [1.807, 2.05) is 0 Å². The van der Waals surface area contributed by atoms with Gasteiger partial charge in [0.25, 0.3) is 0 Å². The number of thiazole rings is 1. The number of hydrogen-bond acceptors (Lipinski definition) is 4. The highest BCUT2D eigenvalue weighted by molar-refractivity contribution is 7.09. The van der Waals surface area contributed by atoms with Crippen molar-refractivity contribution >= 4 is 11.3 Å². The third kappa shape index (κ3) is 3.56. The molecule has 0 spiro atoms. The average Bonchev–Trinajstić information content (AvgIpc) is 2.71. The Hall–Kier alpha value is -0.450. The summed E-state index contributed by atoms with van der Waals surface area (Å²) in [6.07, 6.45) is 1.09. The van der Waals surface area contributed by atoms with Crippen LogP contribution in [-0.4, -0.2) is 29.0 Å². The highest BCUT2D eigenvalue weighted by atomic mass is 32.1. The van der Waals surface area contributed by atoms with E-state index in [0.717, 1.165) is 26.1 Å². The summed E-state index contributed by atoms with van der Waals surface area (Å²) in [5.41, 5.74) is 7.77. The van der Waals surface area contributed by atoms with Crippen LogP contribution in [0.3, 0.4) is 0 Å². The Kier molecular flexibility index (Phi) is 4.05. The van der Waals surface area contributed by atoms with Crippen molar-refractivity contribution in [1.82, 2.24) is 9.88 Å². The molecule has 108 valence electrons. The standard InChI is InChI=1S/C15H27N3S/c1-14(2,3)13-17-11(9-19-13)8-18-7-6-12(16)15(4,5)10-18/h9,12H,6-8,10,16H2,1-5H3. The van der Waals surface area contributed by atoms with Gasteiger partial charge in [-0.2, -0.15) is 0 Å². The summed E-state index contributed by atoms with van der Waals surface area (Å²) >= 11 is 1.78. The van der Waals surface area contributed by atoms with E-state index in [-0.39, 0.29) is 10.8 Å². The van der Waals surface area contributed by atoms with Gasteiger partial charge < -0.3 is 5.73 Å². The van der Waals surface area contributed by atoms with E-state index in [4.69, 9.17) is 10.7 Å². The molecule has 1 saturated heterocycles. The van der Waals surface area contributed by atoms with Crippen molar-refractivity contribution in [2.24, 2.45) is 11.1 Å². The van der Waals surface area contributed by atoms with Gasteiger partial charge in [-0.15, -0.1) is 11.3 Å². The van der Waals surface area contributed by atoms with Gasteiger partial charge in [-0.1, -0.05) is 34.6 Å². The molecule has 1 unspecified atom stereocenters. The van der Waals surface area contributed by atoms with Crippen LogP contribution in [0.1, 0.15) is 51.7 Å². The molecule has 1 aromatic heterocycles. The van der Waals surface area contributed by atoms with Crippen LogP contribution in [0, 0.1) is 5.41 Å². The molecule has 0 radical (unpaired) electrons. The molecular formula is C15H27N3S. The van der Waals surface area contributed by atoms with E-state index in [2.05, 4.69) is 44.9 Å². The summed E-state index contributed by atoms with van der Waals surface area (Å²) < 4.78 is 0. The molecule has 0 amide bonds. The normalized spacial score (nSPS) is 24.6. The zero-order valence-corrected chi connectivity index (χ0v) is 13.7. The van der Waals surface area contributed by atoms with Crippen LogP contribution in [-0.2, 0) is 12.0 Å². The van der Waals surface area contributed by atoms with E-state index < -0.39 is 0 Å². The number of nitrogens with zero attached hydrogens (tertiary/aromatic N) is 2. The van der Waals surface area contributed by atoms with Gasteiger partial charge in [-0.05, 0) is 11.8 Å². The molecule has 2 N–H and O–H groups in total. The first-order valence-electron chi connectivity index (χ1n) is 7.11. The van der Waals surface area contributed by atoms with Crippen LogP contribution in [0.4, 0.5) is 0 Å².